The summed E-state index contributed by atoms with van der Waals surface area (Å²) >= 11 is 0. The van der Waals surface area contributed by atoms with Gasteiger partial charge in [0, 0.05) is 29.4 Å². The molecule has 0 amide bonds. The first-order chi connectivity index (χ1) is 23.1. The fraction of sp³-hybridized carbons (Fsp3) is 0.703. The van der Waals surface area contributed by atoms with Gasteiger partial charge in [-0.15, -0.1) is 0 Å². The lowest BCUT2D eigenvalue weighted by Crippen LogP contribution is -2.67. The summed E-state index contributed by atoms with van der Waals surface area (Å²) in [7, 11) is 1.61. The van der Waals surface area contributed by atoms with Crippen LogP contribution in [0.25, 0.3) is 10.8 Å². The third kappa shape index (κ3) is 3.42. The Kier molecular flexibility index (Phi) is 6.21. The maximum Gasteiger partial charge on any atom is 0.274 e. The molecule has 11 heteroatoms. The first-order valence-corrected chi connectivity index (χ1v) is 17.8. The molecule has 4 bridgehead atoms. The predicted molar refractivity (Wildman–Crippen MR) is 168 cm³/mol. The van der Waals surface area contributed by atoms with E-state index in [0.29, 0.717) is 97.7 Å². The topological polar surface area (TPSA) is 127 Å². The average molecular weight is 665 g/mol. The van der Waals surface area contributed by atoms with Gasteiger partial charge in [0.1, 0.15) is 23.4 Å². The summed E-state index contributed by atoms with van der Waals surface area (Å²) in [6, 6.07) is 2.02. The Hall–Kier alpha value is -2.51. The molecule has 1 N–H and O–H groups in total. The molecule has 2 aromatic carbocycles. The Morgan fingerprint density at radius 2 is 1.92 bits per heavy atom. The number of methoxy groups -OCH3 is 1. The van der Waals surface area contributed by atoms with Crippen molar-refractivity contribution in [3.8, 4) is 17.2 Å². The van der Waals surface area contributed by atoms with Crippen molar-refractivity contribution in [1.29, 1.82) is 0 Å². The SMILES string of the molecule is COc1c2c(c(O)c3c4c(c(C)cc13)C1C3OC5(C6OCCCO6)OC15[C@]1(CO1)[C@]3(OC1CC(C)C(CC(C)C)CO1)O4)C(=O)CCC2. The minimum absolute atomic E-state index is 0.0873. The summed E-state index contributed by atoms with van der Waals surface area (Å²) in [5, 5.41) is 13.2. The molecule has 6 heterocycles. The van der Waals surface area contributed by atoms with Crippen LogP contribution in [-0.4, -0.2) is 85.9 Å². The Balaban J connectivity index is 1.16. The number of ketones is 1. The number of hydrogen-bond acceptors (Lipinski definition) is 11. The van der Waals surface area contributed by atoms with Gasteiger partial charge in [-0.2, -0.15) is 0 Å². The van der Waals surface area contributed by atoms with Gasteiger partial charge in [-0.05, 0) is 62.0 Å². The van der Waals surface area contributed by atoms with Crippen LogP contribution in [0.3, 0.4) is 0 Å². The molecule has 5 saturated heterocycles. The third-order valence-corrected chi connectivity index (χ3v) is 12.6. The van der Waals surface area contributed by atoms with Crippen LogP contribution in [0.2, 0.25) is 0 Å². The van der Waals surface area contributed by atoms with E-state index in [9.17, 15) is 9.90 Å². The molecule has 6 fully saturated rings. The zero-order chi connectivity index (χ0) is 33.0. The number of phenols is 1. The lowest BCUT2D eigenvalue weighted by molar-refractivity contribution is -0.370. The molecule has 6 aliphatic heterocycles. The van der Waals surface area contributed by atoms with Gasteiger partial charge in [0.2, 0.25) is 6.29 Å². The van der Waals surface area contributed by atoms with Crippen molar-refractivity contribution >= 4 is 16.6 Å². The average Bonchev–Trinajstić information content (AvgIpc) is 3.97. The maximum absolute atomic E-state index is 13.4. The van der Waals surface area contributed by atoms with Crippen molar-refractivity contribution in [2.45, 2.75) is 114 Å². The van der Waals surface area contributed by atoms with E-state index in [1.807, 2.05) is 13.0 Å². The van der Waals surface area contributed by atoms with Crippen molar-refractivity contribution in [2.24, 2.45) is 17.8 Å². The molecule has 48 heavy (non-hydrogen) atoms. The number of aryl methyl sites for hydroxylation is 1. The Morgan fingerprint density at radius 3 is 2.62 bits per heavy atom. The van der Waals surface area contributed by atoms with Crippen molar-refractivity contribution in [3.63, 3.8) is 0 Å². The number of rotatable bonds is 6. The molecule has 258 valence electrons. The quantitative estimate of drug-likeness (QED) is 0.418. The zero-order valence-corrected chi connectivity index (χ0v) is 28.2. The number of benzene rings is 2. The van der Waals surface area contributed by atoms with Crippen molar-refractivity contribution < 1.29 is 52.5 Å². The predicted octanol–water partition coefficient (Wildman–Crippen LogP) is 5.02. The lowest BCUT2D eigenvalue weighted by Gasteiger charge is -2.47. The standard InChI is InChI=1S/C37H44O11/c1-17(2)12-20-15-43-24(14-18(20)3)45-36-32-28(35(34(36)16-44-34)37(47-32,48-35)33-41-10-7-11-42-33)25-19(4)13-22-27(31(25)46-36)29(39)26-21(30(22)40-5)8-6-9-23(26)38/h13,17-18,20,24,28,32-33,39H,6-12,14-16H2,1-5H3/t18?,20?,24?,28?,32?,34-,35?,36-,37?/m1/s1. The number of hydrogen-bond donors (Lipinski definition) is 1. The third-order valence-electron chi connectivity index (χ3n) is 12.6. The molecule has 7 unspecified atom stereocenters. The summed E-state index contributed by atoms with van der Waals surface area (Å²) < 4.78 is 59.4. The highest BCUT2D eigenvalue weighted by atomic mass is 16.9. The van der Waals surface area contributed by atoms with Crippen LogP contribution in [0, 0.1) is 24.7 Å². The van der Waals surface area contributed by atoms with Crippen LogP contribution >= 0.6 is 0 Å². The number of epoxide rings is 2. The van der Waals surface area contributed by atoms with Crippen LogP contribution in [0.1, 0.15) is 85.8 Å². The van der Waals surface area contributed by atoms with Crippen LogP contribution in [-0.2, 0) is 39.6 Å². The molecule has 0 radical (unpaired) electrons. The number of carbonyl (C=O) groups is 1. The molecule has 2 aromatic rings. The number of Topliss-reactive ketones (excluding diaryl/α,β-unsaturated/α-hetero) is 1. The molecular formula is C37H44O11. The highest BCUT2D eigenvalue weighted by Gasteiger charge is 3.07. The van der Waals surface area contributed by atoms with Crippen molar-refractivity contribution in [3.05, 3.63) is 28.3 Å². The van der Waals surface area contributed by atoms with Gasteiger partial charge in [-0.25, -0.2) is 0 Å². The summed E-state index contributed by atoms with van der Waals surface area (Å²) in [5.74, 6) is -0.844. The molecule has 0 aromatic heterocycles. The Morgan fingerprint density at radius 1 is 1.12 bits per heavy atom. The molecule has 8 aliphatic rings. The van der Waals surface area contributed by atoms with Gasteiger partial charge in [0.15, 0.2) is 23.3 Å². The molecule has 2 aliphatic carbocycles. The normalized spacial score (nSPS) is 42.1. The maximum atomic E-state index is 13.4. The van der Waals surface area contributed by atoms with E-state index in [-0.39, 0.29) is 11.5 Å². The minimum atomic E-state index is -1.46. The van der Waals surface area contributed by atoms with Crippen LogP contribution in [0.5, 0.6) is 17.2 Å². The molecule has 10 rings (SSSR count). The van der Waals surface area contributed by atoms with E-state index in [0.717, 1.165) is 29.5 Å². The second-order valence-electron chi connectivity index (χ2n) is 15.7. The molecule has 1 saturated carbocycles. The van der Waals surface area contributed by atoms with Gasteiger partial charge >= 0.3 is 0 Å². The second kappa shape index (κ2) is 9.84. The molecule has 9 atom stereocenters. The molecular weight excluding hydrogens is 620 g/mol. The van der Waals surface area contributed by atoms with Gasteiger partial charge in [0.05, 0.1) is 50.4 Å². The highest BCUT2D eigenvalue weighted by Crippen LogP contribution is 2.85. The van der Waals surface area contributed by atoms with E-state index < -0.39 is 47.4 Å². The number of aromatic hydroxyl groups is 1. The van der Waals surface area contributed by atoms with Gasteiger partial charge < -0.3 is 47.7 Å². The zero-order valence-electron chi connectivity index (χ0n) is 28.2. The van der Waals surface area contributed by atoms with Crippen molar-refractivity contribution in [1.82, 2.24) is 0 Å². The molecule has 11 nitrogen and oxygen atoms in total. The first kappa shape index (κ1) is 30.3. The Bertz CT molecular complexity index is 1740. The van der Waals surface area contributed by atoms with Crippen LogP contribution < -0.4 is 9.47 Å². The molecule has 2 spiro atoms. The number of carbonyl (C=O) groups excluding carboxylic acids is 1. The summed E-state index contributed by atoms with van der Waals surface area (Å²) in [6.07, 6.45) is 2.32. The number of phenolic OH excluding ortho intramolecular Hbond substituents is 1. The smallest absolute Gasteiger partial charge is 0.274 e. The highest BCUT2D eigenvalue weighted by molar-refractivity contribution is 6.11. The van der Waals surface area contributed by atoms with E-state index in [1.54, 1.807) is 7.11 Å². The second-order valence-corrected chi connectivity index (χ2v) is 15.7. The van der Waals surface area contributed by atoms with E-state index >= 15 is 0 Å². The Labute approximate surface area is 279 Å². The van der Waals surface area contributed by atoms with Gasteiger partial charge in [-0.3, -0.25) is 4.79 Å². The summed E-state index contributed by atoms with van der Waals surface area (Å²) in [5.41, 5.74) is 0.747. The fourth-order valence-electron chi connectivity index (χ4n) is 10.5. The van der Waals surface area contributed by atoms with Gasteiger partial charge in [-0.1, -0.05) is 20.8 Å². The van der Waals surface area contributed by atoms with Gasteiger partial charge in [0.25, 0.3) is 11.6 Å². The summed E-state index contributed by atoms with van der Waals surface area (Å²) in [4.78, 5) is 13.4. The van der Waals surface area contributed by atoms with Crippen LogP contribution in [0.4, 0.5) is 0 Å². The number of ether oxygens (including phenoxy) is 9. The van der Waals surface area contributed by atoms with Crippen LogP contribution in [0.15, 0.2) is 6.07 Å². The summed E-state index contributed by atoms with van der Waals surface area (Å²) in [6.45, 7) is 10.8. The largest absolute Gasteiger partial charge is 0.506 e. The lowest BCUT2D eigenvalue weighted by atomic mass is 9.78. The monoisotopic (exact) mass is 664 g/mol. The number of fused-ring (bicyclic) bond motifs is 5. The van der Waals surface area contributed by atoms with E-state index in [2.05, 4.69) is 20.8 Å². The minimum Gasteiger partial charge on any atom is -0.506 e. The van der Waals surface area contributed by atoms with Crippen molar-refractivity contribution in [2.75, 3.05) is 33.5 Å². The fourth-order valence-corrected chi connectivity index (χ4v) is 10.5. The first-order valence-electron chi connectivity index (χ1n) is 17.8. The van der Waals surface area contributed by atoms with E-state index in [4.69, 9.17) is 42.6 Å². The van der Waals surface area contributed by atoms with E-state index in [1.165, 1.54) is 0 Å².